The molecule has 1 amide bonds. The molecule has 37 heavy (non-hydrogen) atoms. The molecule has 0 aliphatic carbocycles. The third-order valence-corrected chi connectivity index (χ3v) is 6.59. The molecule has 0 bridgehead atoms. The van der Waals surface area contributed by atoms with Gasteiger partial charge in [0.2, 0.25) is 5.91 Å². The van der Waals surface area contributed by atoms with E-state index in [4.69, 9.17) is 4.74 Å². The number of nitrogens with zero attached hydrogens (tertiary/aromatic N) is 8. The van der Waals surface area contributed by atoms with Crippen molar-refractivity contribution in [2.75, 3.05) is 37.7 Å². The van der Waals surface area contributed by atoms with Crippen LogP contribution < -0.4 is 20.9 Å². The number of aromatic nitrogens is 6. The van der Waals surface area contributed by atoms with Gasteiger partial charge in [-0.15, -0.1) is 10.2 Å². The van der Waals surface area contributed by atoms with Crippen LogP contribution in [-0.4, -0.2) is 72.5 Å². The molecule has 4 aromatic rings. The van der Waals surface area contributed by atoms with Gasteiger partial charge in [0.25, 0.3) is 5.56 Å². The molecule has 12 heteroatoms. The van der Waals surface area contributed by atoms with Crippen LogP contribution in [0, 0.1) is 0 Å². The fourth-order valence-corrected chi connectivity index (χ4v) is 4.48. The fourth-order valence-electron chi connectivity index (χ4n) is 4.48. The Morgan fingerprint density at radius 1 is 0.946 bits per heavy atom. The van der Waals surface area contributed by atoms with Crippen LogP contribution in [0.1, 0.15) is 6.92 Å². The molecule has 192 valence electrons. The van der Waals surface area contributed by atoms with E-state index in [9.17, 15) is 14.4 Å². The van der Waals surface area contributed by atoms with Gasteiger partial charge < -0.3 is 19.1 Å². The molecule has 4 heterocycles. The number of hydrogen-bond donors (Lipinski definition) is 0. The molecule has 0 atom stereocenters. The number of ether oxygens (including phenoxy) is 1. The topological polar surface area (TPSA) is 120 Å². The molecule has 5 rings (SSSR count). The zero-order valence-corrected chi connectivity index (χ0v) is 21.0. The summed E-state index contributed by atoms with van der Waals surface area (Å²) in [7, 11) is 2.96. The van der Waals surface area contributed by atoms with E-state index in [-0.39, 0.29) is 23.6 Å². The van der Waals surface area contributed by atoms with Gasteiger partial charge in [-0.3, -0.25) is 18.7 Å². The summed E-state index contributed by atoms with van der Waals surface area (Å²) in [6, 6.07) is 11.6. The fraction of sp³-hybridized carbons (Fsp3) is 0.360. The van der Waals surface area contributed by atoms with Gasteiger partial charge in [-0.2, -0.15) is 0 Å². The predicted octanol–water partition coefficient (Wildman–Crippen LogP) is 0.638. The van der Waals surface area contributed by atoms with Crippen LogP contribution in [0.3, 0.4) is 0 Å². The lowest BCUT2D eigenvalue weighted by molar-refractivity contribution is -0.132. The molecule has 1 fully saturated rings. The van der Waals surface area contributed by atoms with Crippen LogP contribution in [0.2, 0.25) is 0 Å². The first kappa shape index (κ1) is 24.2. The van der Waals surface area contributed by atoms with Crippen molar-refractivity contribution in [2.24, 2.45) is 14.1 Å². The van der Waals surface area contributed by atoms with Crippen LogP contribution in [-0.2, 0) is 25.4 Å². The van der Waals surface area contributed by atoms with Crippen molar-refractivity contribution in [2.45, 2.75) is 13.5 Å². The van der Waals surface area contributed by atoms with E-state index in [0.29, 0.717) is 32.8 Å². The Labute approximate surface area is 212 Å². The van der Waals surface area contributed by atoms with Crippen molar-refractivity contribution in [3.63, 3.8) is 0 Å². The first-order valence-electron chi connectivity index (χ1n) is 12.1. The highest BCUT2D eigenvalue weighted by Gasteiger charge is 2.24. The number of piperazine rings is 1. The molecular weight excluding hydrogens is 476 g/mol. The average molecular weight is 505 g/mol. The van der Waals surface area contributed by atoms with Crippen molar-refractivity contribution < 1.29 is 9.53 Å². The highest BCUT2D eigenvalue weighted by atomic mass is 16.5. The molecule has 12 nitrogen and oxygen atoms in total. The Balaban J connectivity index is 1.22. The lowest BCUT2D eigenvalue weighted by Crippen LogP contribution is -2.50. The molecule has 0 unspecified atom stereocenters. The van der Waals surface area contributed by atoms with Gasteiger partial charge in [-0.1, -0.05) is 0 Å². The normalized spacial score (nSPS) is 13.8. The highest BCUT2D eigenvalue weighted by Crippen LogP contribution is 2.22. The summed E-state index contributed by atoms with van der Waals surface area (Å²) in [5.41, 5.74) is 1.30. The van der Waals surface area contributed by atoms with Gasteiger partial charge in [0.1, 0.15) is 12.3 Å². The number of hydrogen-bond acceptors (Lipinski definition) is 8. The van der Waals surface area contributed by atoms with E-state index >= 15 is 0 Å². The number of imidazole rings is 1. The van der Waals surface area contributed by atoms with Gasteiger partial charge >= 0.3 is 5.69 Å². The first-order chi connectivity index (χ1) is 17.9. The van der Waals surface area contributed by atoms with E-state index in [0.717, 1.165) is 27.4 Å². The number of fused-ring (bicyclic) bond motifs is 1. The van der Waals surface area contributed by atoms with Crippen LogP contribution in [0.4, 0.5) is 5.82 Å². The number of aryl methyl sites for hydroxylation is 1. The molecule has 0 spiro atoms. The van der Waals surface area contributed by atoms with E-state index in [2.05, 4.69) is 20.1 Å². The van der Waals surface area contributed by atoms with Crippen molar-refractivity contribution >= 4 is 22.9 Å². The molecule has 1 aliphatic rings. The maximum absolute atomic E-state index is 13.0. The Morgan fingerprint density at radius 2 is 1.68 bits per heavy atom. The lowest BCUT2D eigenvalue weighted by Gasteiger charge is -2.35. The monoisotopic (exact) mass is 504 g/mol. The summed E-state index contributed by atoms with van der Waals surface area (Å²) < 4.78 is 9.32. The Hall–Kier alpha value is -4.48. The van der Waals surface area contributed by atoms with Crippen molar-refractivity contribution in [1.82, 2.24) is 33.8 Å². The van der Waals surface area contributed by atoms with Gasteiger partial charge in [0.15, 0.2) is 17.0 Å². The second-order valence-electron chi connectivity index (χ2n) is 8.85. The van der Waals surface area contributed by atoms with E-state index < -0.39 is 11.2 Å². The van der Waals surface area contributed by atoms with Crippen molar-refractivity contribution in [3.05, 3.63) is 63.6 Å². The lowest BCUT2D eigenvalue weighted by atomic mass is 10.1. The number of anilines is 1. The van der Waals surface area contributed by atoms with E-state index in [1.54, 1.807) is 11.9 Å². The largest absolute Gasteiger partial charge is 0.494 e. The summed E-state index contributed by atoms with van der Waals surface area (Å²) in [6.07, 6.45) is 1.43. The third-order valence-electron chi connectivity index (χ3n) is 6.59. The molecule has 0 radical (unpaired) electrons. The van der Waals surface area contributed by atoms with E-state index in [1.807, 2.05) is 43.3 Å². The smallest absolute Gasteiger partial charge is 0.332 e. The van der Waals surface area contributed by atoms with Gasteiger partial charge in [0, 0.05) is 45.8 Å². The van der Waals surface area contributed by atoms with Crippen LogP contribution in [0.15, 0.2) is 52.3 Å². The quantitative estimate of drug-likeness (QED) is 0.375. The molecule has 1 aliphatic heterocycles. The van der Waals surface area contributed by atoms with Crippen LogP contribution >= 0.6 is 0 Å². The molecule has 1 saturated heterocycles. The van der Waals surface area contributed by atoms with E-state index in [1.165, 1.54) is 22.5 Å². The SMILES string of the molecule is CCOc1ccc(-c2ccc(N3CCN(C(=O)Cn4cnc5c4c(=O)n(C)c(=O)n5C)CC3)nn2)cc1. The number of carbonyl (C=O) groups is 1. The average Bonchev–Trinajstić information content (AvgIpc) is 3.35. The summed E-state index contributed by atoms with van der Waals surface area (Å²) in [6.45, 7) is 4.81. The molecule has 0 N–H and O–H groups in total. The van der Waals surface area contributed by atoms with Gasteiger partial charge in [-0.05, 0) is 43.3 Å². The summed E-state index contributed by atoms with van der Waals surface area (Å²) in [5.74, 6) is 1.45. The summed E-state index contributed by atoms with van der Waals surface area (Å²) in [4.78, 5) is 45.8. The molecular formula is C25H28N8O4. The molecule has 1 aromatic carbocycles. The zero-order chi connectivity index (χ0) is 26.1. The summed E-state index contributed by atoms with van der Waals surface area (Å²) >= 11 is 0. The second kappa shape index (κ2) is 9.88. The number of carbonyl (C=O) groups excluding carboxylic acids is 1. The zero-order valence-electron chi connectivity index (χ0n) is 21.0. The first-order valence-corrected chi connectivity index (χ1v) is 12.1. The van der Waals surface area contributed by atoms with Gasteiger partial charge in [0.05, 0.1) is 18.6 Å². The number of amides is 1. The number of benzene rings is 1. The van der Waals surface area contributed by atoms with Gasteiger partial charge in [-0.25, -0.2) is 9.78 Å². The van der Waals surface area contributed by atoms with Crippen LogP contribution in [0.25, 0.3) is 22.4 Å². The maximum atomic E-state index is 13.0. The second-order valence-corrected chi connectivity index (χ2v) is 8.85. The van der Waals surface area contributed by atoms with Crippen molar-refractivity contribution in [3.8, 4) is 17.0 Å². The third kappa shape index (κ3) is 4.57. The minimum absolute atomic E-state index is 0.0272. The maximum Gasteiger partial charge on any atom is 0.332 e. The Morgan fingerprint density at radius 3 is 2.32 bits per heavy atom. The standard InChI is InChI=1S/C25H28N8O4/c1-4-37-18-7-5-17(6-8-18)19-9-10-20(28-27-19)31-11-13-32(14-12-31)21(34)15-33-16-26-23-22(33)24(35)30(3)25(36)29(23)2/h5-10,16H,4,11-15H2,1-3H3. The minimum atomic E-state index is -0.472. The highest BCUT2D eigenvalue weighted by molar-refractivity contribution is 5.79. The summed E-state index contributed by atoms with van der Waals surface area (Å²) in [5, 5.41) is 8.78. The Bertz CT molecular complexity index is 1550. The van der Waals surface area contributed by atoms with Crippen molar-refractivity contribution in [1.29, 1.82) is 0 Å². The Kier molecular flexibility index (Phi) is 6.47. The molecule has 0 saturated carbocycles. The predicted molar refractivity (Wildman–Crippen MR) is 138 cm³/mol. The van der Waals surface area contributed by atoms with Crippen LogP contribution in [0.5, 0.6) is 5.75 Å². The number of rotatable bonds is 6. The minimum Gasteiger partial charge on any atom is -0.494 e. The molecule has 3 aromatic heterocycles.